The molecule has 232 valence electrons. The van der Waals surface area contributed by atoms with Crippen molar-refractivity contribution < 1.29 is 19.0 Å². The predicted octanol–water partition coefficient (Wildman–Crippen LogP) is 7.67. The number of fused-ring (bicyclic) bond motifs is 4. The zero-order valence-corrected chi connectivity index (χ0v) is 26.3. The summed E-state index contributed by atoms with van der Waals surface area (Å²) in [6, 6.07) is 18.1. The Bertz CT molecular complexity index is 1880. The van der Waals surface area contributed by atoms with Gasteiger partial charge < -0.3 is 29.0 Å². The average Bonchev–Trinajstić information content (AvgIpc) is 3.49. The second-order valence-corrected chi connectivity index (χ2v) is 13.1. The number of hydrogen-bond acceptors (Lipinski definition) is 8. The van der Waals surface area contributed by atoms with Gasteiger partial charge in [0, 0.05) is 49.1 Å². The van der Waals surface area contributed by atoms with E-state index in [4.69, 9.17) is 14.2 Å². The Hall–Kier alpha value is -4.86. The van der Waals surface area contributed by atoms with Gasteiger partial charge in [-0.3, -0.25) is 0 Å². The molecule has 10 nitrogen and oxygen atoms in total. The molecule has 3 atom stereocenters. The van der Waals surface area contributed by atoms with Crippen LogP contribution in [-0.4, -0.2) is 54.3 Å². The van der Waals surface area contributed by atoms with Gasteiger partial charge in [-0.25, -0.2) is 19.7 Å². The minimum absolute atomic E-state index is 0.0215. The van der Waals surface area contributed by atoms with Crippen LogP contribution in [0.5, 0.6) is 17.2 Å². The highest BCUT2D eigenvalue weighted by atomic mass is 16.6. The number of carbonyl (C=O) groups is 1. The van der Waals surface area contributed by atoms with E-state index in [1.165, 1.54) is 0 Å². The molecule has 4 heterocycles. The van der Waals surface area contributed by atoms with Crippen LogP contribution in [0, 0.1) is 6.92 Å². The van der Waals surface area contributed by atoms with Crippen LogP contribution in [0.15, 0.2) is 67.3 Å². The lowest BCUT2D eigenvalue weighted by Gasteiger charge is -2.39. The topological polar surface area (TPSA) is 104 Å². The summed E-state index contributed by atoms with van der Waals surface area (Å²) in [4.78, 5) is 28.3. The third kappa shape index (κ3) is 5.96. The van der Waals surface area contributed by atoms with Gasteiger partial charge in [-0.15, -0.1) is 0 Å². The molecule has 0 aliphatic carbocycles. The first-order chi connectivity index (χ1) is 21.6. The van der Waals surface area contributed by atoms with Crippen molar-refractivity contribution in [3.8, 4) is 17.2 Å². The monoisotopic (exact) mass is 606 g/mol. The summed E-state index contributed by atoms with van der Waals surface area (Å²) in [7, 11) is 1.98. The van der Waals surface area contributed by atoms with Crippen molar-refractivity contribution in [2.75, 3.05) is 5.32 Å². The second kappa shape index (κ2) is 11.3. The number of ether oxygens (including phenoxy) is 3. The van der Waals surface area contributed by atoms with Crippen molar-refractivity contribution in [1.82, 2.24) is 24.4 Å². The molecular formula is C35H38N6O4. The summed E-state index contributed by atoms with van der Waals surface area (Å²) in [6.45, 7) is 7.74. The maximum Gasteiger partial charge on any atom is 0.410 e. The number of anilines is 2. The fourth-order valence-corrected chi connectivity index (χ4v) is 6.52. The van der Waals surface area contributed by atoms with E-state index in [2.05, 4.69) is 20.3 Å². The average molecular weight is 607 g/mol. The number of benzene rings is 3. The largest absolute Gasteiger partial charge is 0.490 e. The summed E-state index contributed by atoms with van der Waals surface area (Å²) in [5, 5.41) is 4.33. The third-order valence-electron chi connectivity index (χ3n) is 8.57. The number of aryl methyl sites for hydroxylation is 2. The molecule has 3 aromatic carbocycles. The predicted molar refractivity (Wildman–Crippen MR) is 173 cm³/mol. The van der Waals surface area contributed by atoms with Gasteiger partial charge in [-0.2, -0.15) is 0 Å². The molecule has 2 bridgehead atoms. The van der Waals surface area contributed by atoms with Crippen LogP contribution in [0.1, 0.15) is 52.0 Å². The number of rotatable bonds is 6. The summed E-state index contributed by atoms with van der Waals surface area (Å²) in [6.07, 6.45) is 6.70. The molecular weight excluding hydrogens is 568 g/mol. The highest BCUT2D eigenvalue weighted by Crippen LogP contribution is 2.39. The molecule has 0 spiro atoms. The molecule has 1 unspecified atom stereocenters. The Kier molecular flexibility index (Phi) is 7.22. The van der Waals surface area contributed by atoms with Gasteiger partial charge in [0.1, 0.15) is 41.1 Å². The van der Waals surface area contributed by atoms with E-state index in [0.717, 1.165) is 76.1 Å². The Morgan fingerprint density at radius 3 is 2.44 bits per heavy atom. The molecule has 10 heteroatoms. The lowest BCUT2D eigenvalue weighted by molar-refractivity contribution is -0.00706. The number of piperidine rings is 1. The van der Waals surface area contributed by atoms with Crippen molar-refractivity contribution >= 4 is 39.5 Å². The van der Waals surface area contributed by atoms with Crippen LogP contribution in [0.4, 0.5) is 16.3 Å². The number of aromatic nitrogens is 4. The second-order valence-electron chi connectivity index (χ2n) is 13.1. The molecule has 0 saturated carbocycles. The minimum atomic E-state index is -0.507. The SMILES string of the molecule is Cc1cc(Nc2ncnc3ccc(OC4C[C@H]5CC[C@@H](C4)N5C(=O)OC(C)(C)C)cc23)ccc1Oc1ccc2c(c1)ncn2C. The molecule has 2 fully saturated rings. The van der Waals surface area contributed by atoms with E-state index in [1.807, 2.05) is 98.8 Å². The highest BCUT2D eigenvalue weighted by molar-refractivity contribution is 5.91. The van der Waals surface area contributed by atoms with Crippen molar-refractivity contribution in [2.45, 2.75) is 77.2 Å². The summed E-state index contributed by atoms with van der Waals surface area (Å²) >= 11 is 0. The molecule has 2 aromatic heterocycles. The fourth-order valence-electron chi connectivity index (χ4n) is 6.52. The van der Waals surface area contributed by atoms with Crippen LogP contribution < -0.4 is 14.8 Å². The van der Waals surface area contributed by atoms with Gasteiger partial charge in [0.25, 0.3) is 0 Å². The number of nitrogens with one attached hydrogen (secondary N) is 1. The van der Waals surface area contributed by atoms with Crippen molar-refractivity contribution in [1.29, 1.82) is 0 Å². The van der Waals surface area contributed by atoms with Crippen molar-refractivity contribution in [3.63, 3.8) is 0 Å². The zero-order chi connectivity index (χ0) is 31.3. The van der Waals surface area contributed by atoms with E-state index in [-0.39, 0.29) is 24.3 Å². The fraction of sp³-hybridized carbons (Fsp3) is 0.371. The van der Waals surface area contributed by atoms with Crippen LogP contribution >= 0.6 is 0 Å². The van der Waals surface area contributed by atoms with E-state index in [0.29, 0.717) is 5.82 Å². The number of nitrogens with zero attached hydrogens (tertiary/aromatic N) is 5. The number of hydrogen-bond donors (Lipinski definition) is 1. The molecule has 2 saturated heterocycles. The molecule has 2 aliphatic rings. The highest BCUT2D eigenvalue weighted by Gasteiger charge is 2.45. The van der Waals surface area contributed by atoms with Crippen molar-refractivity contribution in [2.24, 2.45) is 7.05 Å². The van der Waals surface area contributed by atoms with Gasteiger partial charge in [-0.05, 0) is 94.6 Å². The maximum absolute atomic E-state index is 12.9. The number of carbonyl (C=O) groups excluding carboxylic acids is 1. The summed E-state index contributed by atoms with van der Waals surface area (Å²) in [5.74, 6) is 2.97. The van der Waals surface area contributed by atoms with Gasteiger partial charge in [0.15, 0.2) is 0 Å². The van der Waals surface area contributed by atoms with Crippen LogP contribution in [0.25, 0.3) is 21.9 Å². The van der Waals surface area contributed by atoms with Crippen molar-refractivity contribution in [3.05, 3.63) is 72.8 Å². The Balaban J connectivity index is 1.05. The number of amides is 1. The molecule has 1 amide bonds. The normalized spacial score (nSPS) is 19.6. The lowest BCUT2D eigenvalue weighted by Crippen LogP contribution is -2.50. The maximum atomic E-state index is 12.9. The van der Waals surface area contributed by atoms with Crippen LogP contribution in [-0.2, 0) is 11.8 Å². The molecule has 0 radical (unpaired) electrons. The first-order valence-electron chi connectivity index (χ1n) is 15.5. The minimum Gasteiger partial charge on any atom is -0.490 e. The van der Waals surface area contributed by atoms with Gasteiger partial charge in [0.05, 0.1) is 22.9 Å². The van der Waals surface area contributed by atoms with E-state index < -0.39 is 5.60 Å². The quantitative estimate of drug-likeness (QED) is 0.210. The molecule has 2 aliphatic heterocycles. The Morgan fingerprint density at radius 2 is 1.69 bits per heavy atom. The zero-order valence-electron chi connectivity index (χ0n) is 26.3. The first kappa shape index (κ1) is 28.9. The standard InChI is InChI=1S/C35H38N6O4/c1-21-14-22(6-13-32(21)44-26-10-12-31-30(18-26)38-20-40(31)5)39-33-28-17-25(9-11-29(28)36-19-37-33)43-27-15-23-7-8-24(16-27)41(23)34(42)45-35(2,3)4/h6,9-14,17-20,23-24,27H,7-8,15-16H2,1-5H3,(H,36,37,39)/t23-,24+,27?. The summed E-state index contributed by atoms with van der Waals surface area (Å²) < 4.78 is 20.4. The van der Waals surface area contributed by atoms with Gasteiger partial charge in [0.2, 0.25) is 0 Å². The first-order valence-corrected chi connectivity index (χ1v) is 15.5. The molecule has 45 heavy (non-hydrogen) atoms. The van der Waals surface area contributed by atoms with Gasteiger partial charge >= 0.3 is 6.09 Å². The van der Waals surface area contributed by atoms with Gasteiger partial charge in [-0.1, -0.05) is 0 Å². The Labute approximate surface area is 262 Å². The number of imidazole rings is 1. The van der Waals surface area contributed by atoms with E-state index in [1.54, 1.807) is 12.7 Å². The van der Waals surface area contributed by atoms with E-state index in [9.17, 15) is 4.79 Å². The molecule has 7 rings (SSSR count). The van der Waals surface area contributed by atoms with Crippen LogP contribution in [0.3, 0.4) is 0 Å². The summed E-state index contributed by atoms with van der Waals surface area (Å²) in [5.41, 5.74) is 4.13. The smallest absolute Gasteiger partial charge is 0.410 e. The van der Waals surface area contributed by atoms with E-state index >= 15 is 0 Å². The lowest BCUT2D eigenvalue weighted by atomic mass is 10.00. The molecule has 5 aromatic rings. The Morgan fingerprint density at radius 1 is 0.911 bits per heavy atom. The third-order valence-corrected chi connectivity index (χ3v) is 8.57. The molecule has 1 N–H and O–H groups in total. The van der Waals surface area contributed by atoms with Crippen LogP contribution in [0.2, 0.25) is 0 Å².